The van der Waals surface area contributed by atoms with Gasteiger partial charge in [0, 0.05) is 42.5 Å². The number of likely N-dealkylation sites (N-methyl/N-ethyl adjacent to an activating group) is 1. The Morgan fingerprint density at radius 3 is 2.37 bits per heavy atom. The molecule has 3 aliphatic rings. The average molecular weight is 572 g/mol. The number of rotatable bonds is 6. The highest BCUT2D eigenvalue weighted by Gasteiger charge is 2.34. The highest BCUT2D eigenvalue weighted by Crippen LogP contribution is 2.30. The molecule has 1 unspecified atom stereocenters. The van der Waals surface area contributed by atoms with Crippen LogP contribution in [0.4, 0.5) is 13.2 Å². The van der Waals surface area contributed by atoms with Crippen molar-refractivity contribution in [1.29, 1.82) is 10.8 Å². The van der Waals surface area contributed by atoms with Gasteiger partial charge in [0.15, 0.2) is 0 Å². The number of hydrogen-bond acceptors (Lipinski definition) is 8. The van der Waals surface area contributed by atoms with Gasteiger partial charge in [-0.15, -0.1) is 0 Å². The smallest absolute Gasteiger partial charge is 0.334 e. The molecule has 12 heteroatoms. The largest absolute Gasteiger partial charge is 0.416 e. The van der Waals surface area contributed by atoms with E-state index >= 15 is 0 Å². The standard InChI is InChI=1S/C17H16F3N3O.C12H20N4O/c1-10(2)14-7-15(22-23-8-13(9-24)21-16(14)23)11-3-5-12(6-4-11)17(18,19)20;1-12(2)9-16(8-7-15(12)3)11(17)10(14)5-4-6-13/h3-7,9-10,13H,8H2,1-2H3;4-6,13-14H,7-9H2,1-3H3/b;5-4-,13-6?,14-10?. The zero-order valence-corrected chi connectivity index (χ0v) is 23.9. The van der Waals surface area contributed by atoms with Crippen LogP contribution in [0.3, 0.4) is 0 Å². The third kappa shape index (κ3) is 7.63. The number of aliphatic imine (C=N–C) groups is 1. The molecular formula is C29H36F3N7O2. The Morgan fingerprint density at radius 2 is 1.83 bits per heavy atom. The van der Waals surface area contributed by atoms with Gasteiger partial charge in [-0.2, -0.15) is 18.3 Å². The summed E-state index contributed by atoms with van der Waals surface area (Å²) in [6, 6.07) is 4.44. The average Bonchev–Trinajstić information content (AvgIpc) is 3.35. The second kappa shape index (κ2) is 12.7. The van der Waals surface area contributed by atoms with Crippen LogP contribution in [0.25, 0.3) is 0 Å². The number of benzene rings is 1. The summed E-state index contributed by atoms with van der Waals surface area (Å²) in [4.78, 5) is 31.2. The molecule has 3 aliphatic heterocycles. The molecule has 4 rings (SSSR count). The lowest BCUT2D eigenvalue weighted by Crippen LogP contribution is -2.59. The molecular weight excluding hydrogens is 535 g/mol. The lowest BCUT2D eigenvalue weighted by molar-refractivity contribution is -0.137. The summed E-state index contributed by atoms with van der Waals surface area (Å²) in [5.41, 5.74) is 1.27. The van der Waals surface area contributed by atoms with Crippen molar-refractivity contribution in [2.45, 2.75) is 45.5 Å². The van der Waals surface area contributed by atoms with Gasteiger partial charge in [-0.3, -0.25) is 20.1 Å². The van der Waals surface area contributed by atoms with Gasteiger partial charge >= 0.3 is 6.18 Å². The number of piperazine rings is 1. The first-order valence-electron chi connectivity index (χ1n) is 13.2. The van der Waals surface area contributed by atoms with Crippen LogP contribution in [-0.4, -0.2) is 95.3 Å². The lowest BCUT2D eigenvalue weighted by Gasteiger charge is -2.45. The van der Waals surface area contributed by atoms with E-state index in [2.05, 4.69) is 28.8 Å². The number of carbonyl (C=O) groups is 2. The zero-order valence-electron chi connectivity index (χ0n) is 23.9. The van der Waals surface area contributed by atoms with E-state index in [-0.39, 0.29) is 23.1 Å². The number of nitrogens with one attached hydrogen (secondary N) is 2. The van der Waals surface area contributed by atoms with Crippen molar-refractivity contribution in [2.75, 3.05) is 33.2 Å². The number of hydrogen-bond donors (Lipinski definition) is 2. The molecule has 0 radical (unpaired) electrons. The Morgan fingerprint density at radius 1 is 1.17 bits per heavy atom. The van der Waals surface area contributed by atoms with Crippen molar-refractivity contribution < 1.29 is 22.8 Å². The van der Waals surface area contributed by atoms with E-state index in [1.54, 1.807) is 9.91 Å². The maximum Gasteiger partial charge on any atom is 0.416 e. The molecule has 41 heavy (non-hydrogen) atoms. The fraction of sp³-hybridized carbons (Fsp3) is 0.448. The van der Waals surface area contributed by atoms with Crippen molar-refractivity contribution in [3.8, 4) is 0 Å². The molecule has 3 heterocycles. The van der Waals surface area contributed by atoms with Crippen LogP contribution in [-0.2, 0) is 15.8 Å². The van der Waals surface area contributed by atoms with E-state index in [4.69, 9.17) is 10.8 Å². The molecule has 2 N–H and O–H groups in total. The number of nitrogens with zero attached hydrogens (tertiary/aromatic N) is 5. The van der Waals surface area contributed by atoms with E-state index < -0.39 is 17.8 Å². The summed E-state index contributed by atoms with van der Waals surface area (Å²) < 4.78 is 38.1. The summed E-state index contributed by atoms with van der Waals surface area (Å²) in [5, 5.41) is 20.5. The Balaban J connectivity index is 0.000000241. The molecule has 1 amide bonds. The molecule has 1 fully saturated rings. The Kier molecular flexibility index (Phi) is 9.80. The molecule has 0 spiro atoms. The summed E-state index contributed by atoms with van der Waals surface area (Å²) >= 11 is 0. The van der Waals surface area contributed by atoms with Gasteiger partial charge in [-0.05, 0) is 57.2 Å². The molecule has 1 saturated heterocycles. The van der Waals surface area contributed by atoms with Gasteiger partial charge in [0.25, 0.3) is 5.91 Å². The van der Waals surface area contributed by atoms with E-state index in [0.29, 0.717) is 36.7 Å². The molecule has 1 aromatic rings. The van der Waals surface area contributed by atoms with Crippen molar-refractivity contribution in [3.63, 3.8) is 0 Å². The van der Waals surface area contributed by atoms with Gasteiger partial charge in [0.1, 0.15) is 23.9 Å². The van der Waals surface area contributed by atoms with Crippen LogP contribution in [0.5, 0.6) is 0 Å². The highest BCUT2D eigenvalue weighted by molar-refractivity contribution is 6.42. The van der Waals surface area contributed by atoms with Crippen LogP contribution in [0, 0.1) is 16.7 Å². The first kappa shape index (κ1) is 31.6. The van der Waals surface area contributed by atoms with E-state index in [1.807, 2.05) is 27.0 Å². The van der Waals surface area contributed by atoms with Crippen LogP contribution in [0.15, 0.2) is 58.2 Å². The molecule has 1 atom stereocenters. The normalized spacial score (nSPS) is 20.5. The van der Waals surface area contributed by atoms with Crippen molar-refractivity contribution in [2.24, 2.45) is 16.0 Å². The molecule has 0 bridgehead atoms. The van der Waals surface area contributed by atoms with Gasteiger partial charge in [0.2, 0.25) is 0 Å². The summed E-state index contributed by atoms with van der Waals surface area (Å²) in [7, 11) is 2.04. The molecule has 0 saturated carbocycles. The first-order chi connectivity index (χ1) is 19.2. The third-order valence-electron chi connectivity index (χ3n) is 7.15. The number of alkyl halides is 3. The first-order valence-corrected chi connectivity index (χ1v) is 13.2. The quantitative estimate of drug-likeness (QED) is 0.396. The van der Waals surface area contributed by atoms with E-state index in [0.717, 1.165) is 36.8 Å². The monoisotopic (exact) mass is 571 g/mol. The Bertz CT molecular complexity index is 1290. The van der Waals surface area contributed by atoms with Crippen LogP contribution >= 0.6 is 0 Å². The number of amidine groups is 1. The lowest BCUT2D eigenvalue weighted by atomic mass is 9.96. The third-order valence-corrected chi connectivity index (χ3v) is 7.15. The topological polar surface area (TPSA) is 116 Å². The van der Waals surface area contributed by atoms with Crippen LogP contribution in [0.2, 0.25) is 0 Å². The van der Waals surface area contributed by atoms with E-state index in [9.17, 15) is 22.8 Å². The van der Waals surface area contributed by atoms with Crippen molar-refractivity contribution in [1.82, 2.24) is 14.8 Å². The number of allylic oxidation sites excluding steroid dienone is 2. The molecule has 0 aromatic heterocycles. The second-order valence-electron chi connectivity index (χ2n) is 11.0. The molecule has 1 aromatic carbocycles. The Labute approximate surface area is 238 Å². The number of hydrazone groups is 1. The number of carbonyl (C=O) groups excluding carboxylic acids is 2. The SMILES string of the molecule is CC(C)C1=CC(c2ccc(C(F)(F)F)cc2)=NN2CC(C=O)N=C12.CN1CCN(C(=O)C(=N)/C=C\C=N)CC1(C)C. The van der Waals surface area contributed by atoms with Gasteiger partial charge < -0.3 is 15.1 Å². The van der Waals surface area contributed by atoms with Gasteiger partial charge in [0.05, 0.1) is 17.8 Å². The van der Waals surface area contributed by atoms with Crippen LogP contribution in [0.1, 0.15) is 38.8 Å². The predicted octanol–water partition coefficient (Wildman–Crippen LogP) is 4.05. The number of amides is 1. The minimum Gasteiger partial charge on any atom is -0.334 e. The van der Waals surface area contributed by atoms with Crippen LogP contribution < -0.4 is 0 Å². The number of aldehydes is 1. The number of halogens is 3. The highest BCUT2D eigenvalue weighted by atomic mass is 19.4. The number of fused-ring (bicyclic) bond motifs is 1. The maximum atomic E-state index is 12.7. The summed E-state index contributed by atoms with van der Waals surface area (Å²) in [6.45, 7) is 10.6. The van der Waals surface area contributed by atoms with Crippen molar-refractivity contribution in [3.05, 3.63) is 59.2 Å². The fourth-order valence-corrected chi connectivity index (χ4v) is 4.48. The zero-order chi connectivity index (χ0) is 30.5. The maximum absolute atomic E-state index is 12.7. The second-order valence-corrected chi connectivity index (χ2v) is 11.0. The minimum atomic E-state index is -4.36. The summed E-state index contributed by atoms with van der Waals surface area (Å²) in [6.07, 6.45) is 2.06. The Hall–Kier alpha value is -3.93. The predicted molar refractivity (Wildman–Crippen MR) is 154 cm³/mol. The fourth-order valence-electron chi connectivity index (χ4n) is 4.48. The van der Waals surface area contributed by atoms with Gasteiger partial charge in [-0.25, -0.2) is 5.01 Å². The van der Waals surface area contributed by atoms with Crippen molar-refractivity contribution >= 4 is 35.7 Å². The molecule has 0 aliphatic carbocycles. The molecule has 9 nitrogen and oxygen atoms in total. The summed E-state index contributed by atoms with van der Waals surface area (Å²) in [5.74, 6) is 0.554. The minimum absolute atomic E-state index is 0.0561. The van der Waals surface area contributed by atoms with E-state index in [1.165, 1.54) is 24.3 Å². The van der Waals surface area contributed by atoms with Gasteiger partial charge in [-0.1, -0.05) is 26.0 Å². The molecule has 220 valence electrons.